The summed E-state index contributed by atoms with van der Waals surface area (Å²) in [6.07, 6.45) is 1.14. The van der Waals surface area contributed by atoms with Crippen LogP contribution < -0.4 is 11.3 Å². The maximum atomic E-state index is 11.2. The zero-order chi connectivity index (χ0) is 13.0. The minimum absolute atomic E-state index is 0.250. The Morgan fingerprint density at radius 2 is 2.50 bits per heavy atom. The molecule has 2 heterocycles. The van der Waals surface area contributed by atoms with Crippen LogP contribution >= 0.6 is 0 Å². The number of nitrogens with zero attached hydrogens (tertiary/aromatic N) is 1. The Labute approximate surface area is 106 Å². The normalized spacial score (nSPS) is 20.2. The van der Waals surface area contributed by atoms with Crippen LogP contribution in [0.2, 0.25) is 0 Å². The van der Waals surface area contributed by atoms with Crippen molar-refractivity contribution in [1.29, 1.82) is 0 Å². The number of carbonyl (C=O) groups is 1. The molecule has 6 nitrogen and oxygen atoms in total. The van der Waals surface area contributed by atoms with Gasteiger partial charge in [0.25, 0.3) is 0 Å². The molecule has 0 radical (unpaired) electrons. The number of ether oxygens (including phenoxy) is 1. The molecular formula is C12H19N3O3. The van der Waals surface area contributed by atoms with Crippen molar-refractivity contribution in [3.05, 3.63) is 23.7 Å². The van der Waals surface area contributed by atoms with E-state index in [1.54, 1.807) is 13.2 Å². The maximum absolute atomic E-state index is 11.2. The molecule has 100 valence electrons. The van der Waals surface area contributed by atoms with E-state index in [4.69, 9.17) is 15.0 Å². The molecule has 1 aromatic rings. The molecule has 1 saturated heterocycles. The summed E-state index contributed by atoms with van der Waals surface area (Å²) in [4.78, 5) is 13.5. The van der Waals surface area contributed by atoms with Gasteiger partial charge < -0.3 is 9.15 Å². The molecule has 3 N–H and O–H groups in total. The molecule has 1 fully saturated rings. The van der Waals surface area contributed by atoms with E-state index in [0.29, 0.717) is 5.92 Å². The fraction of sp³-hybridized carbons (Fsp3) is 0.583. The van der Waals surface area contributed by atoms with Crippen LogP contribution in [0.5, 0.6) is 0 Å². The van der Waals surface area contributed by atoms with Crippen molar-refractivity contribution in [2.24, 2.45) is 11.8 Å². The molecule has 18 heavy (non-hydrogen) atoms. The Hall–Kier alpha value is -1.37. The first-order valence-corrected chi connectivity index (χ1v) is 6.04. The second-order valence-corrected chi connectivity index (χ2v) is 4.58. The summed E-state index contributed by atoms with van der Waals surface area (Å²) >= 11 is 0. The molecule has 1 aliphatic heterocycles. The van der Waals surface area contributed by atoms with E-state index >= 15 is 0 Å². The van der Waals surface area contributed by atoms with E-state index in [1.165, 1.54) is 0 Å². The lowest BCUT2D eigenvalue weighted by Crippen LogP contribution is -2.29. The van der Waals surface area contributed by atoms with Gasteiger partial charge in [-0.05, 0) is 31.0 Å². The number of likely N-dealkylation sites (tertiary alicyclic amines) is 1. The number of nitrogen functional groups attached to an aromatic ring is 1. The van der Waals surface area contributed by atoms with Crippen molar-refractivity contribution in [2.45, 2.75) is 13.0 Å². The van der Waals surface area contributed by atoms with Crippen molar-refractivity contribution < 1.29 is 13.9 Å². The quantitative estimate of drug-likeness (QED) is 0.449. The monoisotopic (exact) mass is 253 g/mol. The number of amides is 1. The van der Waals surface area contributed by atoms with Gasteiger partial charge in [-0.15, -0.1) is 0 Å². The highest BCUT2D eigenvalue weighted by molar-refractivity contribution is 5.90. The number of nitrogens with two attached hydrogens (primary N) is 1. The number of nitrogens with one attached hydrogen (secondary N) is 1. The number of hydrogen-bond acceptors (Lipinski definition) is 5. The van der Waals surface area contributed by atoms with Crippen LogP contribution in [0.3, 0.4) is 0 Å². The molecule has 1 atom stereocenters. The predicted molar refractivity (Wildman–Crippen MR) is 65.6 cm³/mol. The standard InChI is InChI=1S/C12H19N3O3/c1-17-8-9-4-5-15(6-9)7-10-2-3-11(18-10)12(16)14-13/h2-3,9H,4-8,13H2,1H3,(H,14,16). The number of carbonyl (C=O) groups excluding carboxylic acids is 1. The van der Waals surface area contributed by atoms with Crippen molar-refractivity contribution in [1.82, 2.24) is 10.3 Å². The zero-order valence-corrected chi connectivity index (χ0v) is 10.5. The van der Waals surface area contributed by atoms with Gasteiger partial charge in [0.05, 0.1) is 13.2 Å². The van der Waals surface area contributed by atoms with Crippen LogP contribution in [0.4, 0.5) is 0 Å². The molecule has 6 heteroatoms. The Morgan fingerprint density at radius 1 is 1.67 bits per heavy atom. The summed E-state index contributed by atoms with van der Waals surface area (Å²) in [5, 5.41) is 0. The molecule has 1 aliphatic rings. The van der Waals surface area contributed by atoms with Crippen molar-refractivity contribution in [3.63, 3.8) is 0 Å². The molecule has 0 spiro atoms. The first kappa shape index (κ1) is 13.1. The van der Waals surface area contributed by atoms with Crippen LogP contribution in [-0.2, 0) is 11.3 Å². The maximum Gasteiger partial charge on any atom is 0.300 e. The van der Waals surface area contributed by atoms with E-state index in [0.717, 1.165) is 38.4 Å². The molecular weight excluding hydrogens is 234 g/mol. The minimum Gasteiger partial charge on any atom is -0.455 e. The third-order valence-electron chi connectivity index (χ3n) is 3.17. The largest absolute Gasteiger partial charge is 0.455 e. The van der Waals surface area contributed by atoms with Gasteiger partial charge in [-0.25, -0.2) is 5.84 Å². The Bertz CT molecular complexity index is 405. The topological polar surface area (TPSA) is 80.7 Å². The fourth-order valence-electron chi connectivity index (χ4n) is 2.30. The zero-order valence-electron chi connectivity index (χ0n) is 10.5. The Morgan fingerprint density at radius 3 is 3.22 bits per heavy atom. The van der Waals surface area contributed by atoms with Crippen molar-refractivity contribution >= 4 is 5.91 Å². The van der Waals surface area contributed by atoms with Crippen molar-refractivity contribution in [3.8, 4) is 0 Å². The molecule has 2 rings (SSSR count). The van der Waals surface area contributed by atoms with Crippen LogP contribution in [-0.4, -0.2) is 37.6 Å². The van der Waals surface area contributed by atoms with Gasteiger partial charge in [-0.1, -0.05) is 0 Å². The van der Waals surface area contributed by atoms with Crippen LogP contribution in [0, 0.1) is 5.92 Å². The number of methoxy groups -OCH3 is 1. The Kier molecular flexibility index (Phi) is 4.35. The first-order chi connectivity index (χ1) is 8.72. The molecule has 0 saturated carbocycles. The second-order valence-electron chi connectivity index (χ2n) is 4.58. The van der Waals surface area contributed by atoms with Gasteiger partial charge >= 0.3 is 5.91 Å². The Balaban J connectivity index is 1.87. The fourth-order valence-corrected chi connectivity index (χ4v) is 2.30. The molecule has 0 aromatic carbocycles. The third-order valence-corrected chi connectivity index (χ3v) is 3.17. The van der Waals surface area contributed by atoms with E-state index in [9.17, 15) is 4.79 Å². The van der Waals surface area contributed by atoms with Crippen LogP contribution in [0.1, 0.15) is 22.7 Å². The second kappa shape index (κ2) is 5.99. The van der Waals surface area contributed by atoms with Gasteiger partial charge in [0.2, 0.25) is 0 Å². The molecule has 1 amide bonds. The van der Waals surface area contributed by atoms with E-state index in [2.05, 4.69) is 4.90 Å². The van der Waals surface area contributed by atoms with E-state index < -0.39 is 5.91 Å². The average Bonchev–Trinajstić information content (AvgIpc) is 2.99. The van der Waals surface area contributed by atoms with E-state index in [-0.39, 0.29) is 5.76 Å². The summed E-state index contributed by atoms with van der Waals surface area (Å²) in [5.74, 6) is 6.27. The number of furan rings is 1. The van der Waals surface area contributed by atoms with Crippen LogP contribution in [0.25, 0.3) is 0 Å². The lowest BCUT2D eigenvalue weighted by molar-refractivity contribution is 0.0922. The predicted octanol–water partition coefficient (Wildman–Crippen LogP) is 0.351. The SMILES string of the molecule is COCC1CCN(Cc2ccc(C(=O)NN)o2)C1. The lowest BCUT2D eigenvalue weighted by atomic mass is 10.1. The summed E-state index contributed by atoms with van der Waals surface area (Å²) in [6, 6.07) is 3.45. The van der Waals surface area contributed by atoms with Gasteiger partial charge in [-0.3, -0.25) is 15.1 Å². The highest BCUT2D eigenvalue weighted by Gasteiger charge is 2.23. The molecule has 1 aromatic heterocycles. The lowest BCUT2D eigenvalue weighted by Gasteiger charge is -2.13. The average molecular weight is 253 g/mol. The highest BCUT2D eigenvalue weighted by atomic mass is 16.5. The summed E-state index contributed by atoms with van der Waals surface area (Å²) in [6.45, 7) is 3.56. The van der Waals surface area contributed by atoms with Crippen molar-refractivity contribution in [2.75, 3.05) is 26.8 Å². The number of hydrogen-bond donors (Lipinski definition) is 2. The van der Waals surface area contributed by atoms with Gasteiger partial charge in [0.15, 0.2) is 5.76 Å². The van der Waals surface area contributed by atoms with E-state index in [1.807, 2.05) is 11.5 Å². The van der Waals surface area contributed by atoms with Crippen LogP contribution in [0.15, 0.2) is 16.5 Å². The number of hydrazine groups is 1. The van der Waals surface area contributed by atoms with Gasteiger partial charge in [-0.2, -0.15) is 0 Å². The summed E-state index contributed by atoms with van der Waals surface area (Å²) < 4.78 is 10.6. The molecule has 0 aliphatic carbocycles. The molecule has 1 unspecified atom stereocenters. The summed E-state index contributed by atoms with van der Waals surface area (Å²) in [7, 11) is 1.73. The van der Waals surface area contributed by atoms with Gasteiger partial charge in [0, 0.05) is 13.7 Å². The minimum atomic E-state index is -0.403. The molecule has 0 bridgehead atoms. The third kappa shape index (κ3) is 3.10. The first-order valence-electron chi connectivity index (χ1n) is 6.04. The highest BCUT2D eigenvalue weighted by Crippen LogP contribution is 2.19. The number of rotatable bonds is 5. The van der Waals surface area contributed by atoms with Gasteiger partial charge in [0.1, 0.15) is 5.76 Å². The smallest absolute Gasteiger partial charge is 0.300 e. The summed E-state index contributed by atoms with van der Waals surface area (Å²) in [5.41, 5.74) is 2.05.